The average Bonchev–Trinajstić information content (AvgIpc) is 2.10. The molecule has 0 aromatic heterocycles. The molecule has 0 fully saturated rings. The molecule has 0 unspecified atom stereocenters. The van der Waals surface area contributed by atoms with Gasteiger partial charge >= 0.3 is 0 Å². The van der Waals surface area contributed by atoms with E-state index >= 15 is 0 Å². The quantitative estimate of drug-likeness (QED) is 0.718. The second kappa shape index (κ2) is 5.47. The number of methoxy groups -OCH3 is 1. The minimum absolute atomic E-state index is 0.00458. The van der Waals surface area contributed by atoms with Crippen LogP contribution in [-0.2, 0) is 9.53 Å². The molecule has 0 aromatic rings. The summed E-state index contributed by atoms with van der Waals surface area (Å²) in [7, 11) is 1.64. The van der Waals surface area contributed by atoms with E-state index in [1.807, 2.05) is 34.6 Å². The highest BCUT2D eigenvalue weighted by Crippen LogP contribution is 2.04. The van der Waals surface area contributed by atoms with Crippen LogP contribution >= 0.6 is 0 Å². The molecule has 1 amide bonds. The molecule has 15 heavy (non-hydrogen) atoms. The molecule has 0 radical (unpaired) electrons. The van der Waals surface area contributed by atoms with E-state index in [9.17, 15) is 4.79 Å². The number of hydrogen-bond donors (Lipinski definition) is 2. The van der Waals surface area contributed by atoms with Crippen molar-refractivity contribution in [1.29, 1.82) is 0 Å². The number of hydrogen-bond acceptors (Lipinski definition) is 3. The number of carbonyl (C=O) groups excluding carboxylic acids is 1. The number of ether oxygens (including phenoxy) is 1. The molecule has 4 heteroatoms. The number of carbonyl (C=O) groups is 1. The number of amides is 1. The third-order valence-corrected chi connectivity index (χ3v) is 2.04. The van der Waals surface area contributed by atoms with Crippen LogP contribution in [0.25, 0.3) is 0 Å². The van der Waals surface area contributed by atoms with Crippen molar-refractivity contribution in [3.05, 3.63) is 0 Å². The summed E-state index contributed by atoms with van der Waals surface area (Å²) < 4.78 is 5.20. The van der Waals surface area contributed by atoms with Gasteiger partial charge in [0.15, 0.2) is 0 Å². The zero-order chi connectivity index (χ0) is 12.1. The Morgan fingerprint density at radius 1 is 1.20 bits per heavy atom. The molecular formula is C11H24N2O2. The van der Waals surface area contributed by atoms with Crippen molar-refractivity contribution < 1.29 is 9.53 Å². The predicted octanol–water partition coefficient (Wildman–Crippen LogP) is 0.916. The highest BCUT2D eigenvalue weighted by atomic mass is 16.5. The van der Waals surface area contributed by atoms with Crippen LogP contribution in [0, 0.1) is 0 Å². The SMILES string of the molecule is COC(C)(C)CNC(=O)CNC(C)(C)C. The molecule has 0 rings (SSSR count). The maximum absolute atomic E-state index is 11.4. The van der Waals surface area contributed by atoms with Gasteiger partial charge in [-0.2, -0.15) is 0 Å². The Morgan fingerprint density at radius 2 is 1.73 bits per heavy atom. The maximum atomic E-state index is 11.4. The van der Waals surface area contributed by atoms with Crippen molar-refractivity contribution in [2.24, 2.45) is 0 Å². The summed E-state index contributed by atoms with van der Waals surface area (Å²) in [6.07, 6.45) is 0. The molecule has 90 valence electrons. The first kappa shape index (κ1) is 14.4. The molecule has 0 aliphatic carbocycles. The van der Waals surface area contributed by atoms with Crippen molar-refractivity contribution in [3.63, 3.8) is 0 Å². The summed E-state index contributed by atoms with van der Waals surface area (Å²) in [6, 6.07) is 0. The summed E-state index contributed by atoms with van der Waals surface area (Å²) in [5.74, 6) is -0.00458. The average molecular weight is 216 g/mol. The topological polar surface area (TPSA) is 50.4 Å². The number of rotatable bonds is 5. The second-order valence-corrected chi connectivity index (χ2v) is 5.34. The fraction of sp³-hybridized carbons (Fsp3) is 0.909. The van der Waals surface area contributed by atoms with E-state index in [1.54, 1.807) is 7.11 Å². The van der Waals surface area contributed by atoms with Gasteiger partial charge in [-0.25, -0.2) is 0 Å². The van der Waals surface area contributed by atoms with Gasteiger partial charge in [-0.3, -0.25) is 4.79 Å². The van der Waals surface area contributed by atoms with Gasteiger partial charge in [0.25, 0.3) is 0 Å². The first-order valence-electron chi connectivity index (χ1n) is 5.23. The van der Waals surface area contributed by atoms with E-state index in [2.05, 4.69) is 10.6 Å². The zero-order valence-electron chi connectivity index (χ0n) is 10.7. The molecule has 0 spiro atoms. The minimum atomic E-state index is -0.308. The molecular weight excluding hydrogens is 192 g/mol. The summed E-state index contributed by atoms with van der Waals surface area (Å²) in [4.78, 5) is 11.4. The Morgan fingerprint density at radius 3 is 2.13 bits per heavy atom. The normalized spacial score (nSPS) is 12.7. The monoisotopic (exact) mass is 216 g/mol. The van der Waals surface area contributed by atoms with Crippen LogP contribution in [0.3, 0.4) is 0 Å². The predicted molar refractivity (Wildman–Crippen MR) is 61.9 cm³/mol. The van der Waals surface area contributed by atoms with Gasteiger partial charge in [0, 0.05) is 19.2 Å². The van der Waals surface area contributed by atoms with Crippen LogP contribution in [0.5, 0.6) is 0 Å². The van der Waals surface area contributed by atoms with Gasteiger partial charge in [0.1, 0.15) is 0 Å². The second-order valence-electron chi connectivity index (χ2n) is 5.34. The minimum Gasteiger partial charge on any atom is -0.377 e. The molecule has 0 bridgehead atoms. The lowest BCUT2D eigenvalue weighted by molar-refractivity contribution is -0.121. The molecule has 0 aliphatic rings. The van der Waals surface area contributed by atoms with Gasteiger partial charge in [0.2, 0.25) is 5.91 Å². The third-order valence-electron chi connectivity index (χ3n) is 2.04. The van der Waals surface area contributed by atoms with Gasteiger partial charge < -0.3 is 15.4 Å². The molecule has 0 saturated carbocycles. The summed E-state index contributed by atoms with van der Waals surface area (Å²) in [5.41, 5.74) is -0.342. The standard InChI is InChI=1S/C11H24N2O2/c1-10(2,3)13-7-9(14)12-8-11(4,5)15-6/h13H,7-8H2,1-6H3,(H,12,14). The van der Waals surface area contributed by atoms with Gasteiger partial charge in [-0.05, 0) is 34.6 Å². The highest BCUT2D eigenvalue weighted by Gasteiger charge is 2.18. The fourth-order valence-electron chi connectivity index (χ4n) is 0.792. The van der Waals surface area contributed by atoms with Crippen LogP contribution < -0.4 is 10.6 Å². The Hall–Kier alpha value is -0.610. The molecule has 0 aliphatic heterocycles. The van der Waals surface area contributed by atoms with Crippen molar-refractivity contribution in [2.75, 3.05) is 20.2 Å². The Labute approximate surface area is 92.8 Å². The van der Waals surface area contributed by atoms with Crippen LogP contribution in [0.1, 0.15) is 34.6 Å². The lowest BCUT2D eigenvalue weighted by Gasteiger charge is -2.24. The van der Waals surface area contributed by atoms with E-state index in [0.717, 1.165) is 0 Å². The summed E-state index contributed by atoms with van der Waals surface area (Å²) in [6.45, 7) is 10.8. The maximum Gasteiger partial charge on any atom is 0.234 e. The van der Waals surface area contributed by atoms with Crippen molar-refractivity contribution >= 4 is 5.91 Å². The Balaban J connectivity index is 3.77. The van der Waals surface area contributed by atoms with Crippen molar-refractivity contribution in [1.82, 2.24) is 10.6 Å². The smallest absolute Gasteiger partial charge is 0.234 e. The van der Waals surface area contributed by atoms with Crippen LogP contribution in [0.2, 0.25) is 0 Å². The largest absolute Gasteiger partial charge is 0.377 e. The van der Waals surface area contributed by atoms with Crippen molar-refractivity contribution in [3.8, 4) is 0 Å². The number of nitrogens with one attached hydrogen (secondary N) is 2. The molecule has 0 heterocycles. The summed E-state index contributed by atoms with van der Waals surface area (Å²) >= 11 is 0. The molecule has 0 atom stereocenters. The van der Waals surface area contributed by atoms with Crippen LogP contribution in [-0.4, -0.2) is 37.2 Å². The van der Waals surface area contributed by atoms with E-state index in [1.165, 1.54) is 0 Å². The van der Waals surface area contributed by atoms with E-state index in [0.29, 0.717) is 13.1 Å². The molecule has 2 N–H and O–H groups in total. The first-order chi connectivity index (χ1) is 6.66. The fourth-order valence-corrected chi connectivity index (χ4v) is 0.792. The lowest BCUT2D eigenvalue weighted by atomic mass is 10.1. The van der Waals surface area contributed by atoms with E-state index in [4.69, 9.17) is 4.74 Å². The van der Waals surface area contributed by atoms with E-state index < -0.39 is 0 Å². The zero-order valence-corrected chi connectivity index (χ0v) is 10.7. The Bertz CT molecular complexity index is 207. The molecule has 0 saturated heterocycles. The van der Waals surface area contributed by atoms with Gasteiger partial charge in [0.05, 0.1) is 12.1 Å². The van der Waals surface area contributed by atoms with E-state index in [-0.39, 0.29) is 17.0 Å². The Kier molecular flexibility index (Phi) is 5.24. The van der Waals surface area contributed by atoms with Gasteiger partial charge in [-0.15, -0.1) is 0 Å². The lowest BCUT2D eigenvalue weighted by Crippen LogP contribution is -2.46. The highest BCUT2D eigenvalue weighted by molar-refractivity contribution is 5.78. The third kappa shape index (κ3) is 8.39. The summed E-state index contributed by atoms with van der Waals surface area (Å²) in [5, 5.41) is 5.94. The van der Waals surface area contributed by atoms with Crippen molar-refractivity contribution in [2.45, 2.75) is 45.8 Å². The van der Waals surface area contributed by atoms with Gasteiger partial charge in [-0.1, -0.05) is 0 Å². The van der Waals surface area contributed by atoms with Crippen LogP contribution in [0.4, 0.5) is 0 Å². The molecule has 4 nitrogen and oxygen atoms in total. The molecule has 0 aromatic carbocycles. The van der Waals surface area contributed by atoms with Crippen LogP contribution in [0.15, 0.2) is 0 Å². The first-order valence-corrected chi connectivity index (χ1v) is 5.23.